The average Bonchev–Trinajstić information content (AvgIpc) is 2.16. The van der Waals surface area contributed by atoms with Crippen molar-refractivity contribution in [2.75, 3.05) is 13.1 Å². The molecule has 0 aliphatic heterocycles. The van der Waals surface area contributed by atoms with Crippen molar-refractivity contribution in [3.05, 3.63) is 12.2 Å². The number of carboxylic acids is 1. The van der Waals surface area contributed by atoms with Crippen molar-refractivity contribution in [2.45, 2.75) is 38.2 Å². The SMILES string of the molecule is C=C(CNCC1(O)CCCC(C)C1)C(=O)O. The van der Waals surface area contributed by atoms with Crippen molar-refractivity contribution in [3.8, 4) is 0 Å². The lowest BCUT2D eigenvalue weighted by Gasteiger charge is -2.35. The molecular formula is C12H21NO3. The van der Waals surface area contributed by atoms with Crippen LogP contribution in [0.2, 0.25) is 0 Å². The van der Waals surface area contributed by atoms with E-state index in [0.717, 1.165) is 19.3 Å². The fourth-order valence-corrected chi connectivity index (χ4v) is 2.31. The highest BCUT2D eigenvalue weighted by Crippen LogP contribution is 2.31. The summed E-state index contributed by atoms with van der Waals surface area (Å²) in [4.78, 5) is 10.5. The Morgan fingerprint density at radius 2 is 2.31 bits per heavy atom. The number of carboxylic acid groups (broad SMARTS) is 1. The Kier molecular flexibility index (Phi) is 4.50. The van der Waals surface area contributed by atoms with Gasteiger partial charge in [0.05, 0.1) is 5.60 Å². The van der Waals surface area contributed by atoms with Crippen LogP contribution in [-0.4, -0.2) is 34.9 Å². The monoisotopic (exact) mass is 227 g/mol. The lowest BCUT2D eigenvalue weighted by atomic mass is 9.79. The third-order valence-electron chi connectivity index (χ3n) is 3.16. The summed E-state index contributed by atoms with van der Waals surface area (Å²) in [5.74, 6) is -0.445. The molecule has 16 heavy (non-hydrogen) atoms. The van der Waals surface area contributed by atoms with E-state index in [1.54, 1.807) is 0 Å². The van der Waals surface area contributed by atoms with Gasteiger partial charge in [0.25, 0.3) is 0 Å². The van der Waals surface area contributed by atoms with Gasteiger partial charge in [-0.25, -0.2) is 4.79 Å². The summed E-state index contributed by atoms with van der Waals surface area (Å²) in [5, 5.41) is 21.8. The molecule has 2 unspecified atom stereocenters. The number of nitrogens with one attached hydrogen (secondary N) is 1. The number of hydrogen-bond donors (Lipinski definition) is 3. The van der Waals surface area contributed by atoms with Crippen molar-refractivity contribution in [1.29, 1.82) is 0 Å². The van der Waals surface area contributed by atoms with Gasteiger partial charge in [0.2, 0.25) is 0 Å². The van der Waals surface area contributed by atoms with E-state index < -0.39 is 11.6 Å². The van der Waals surface area contributed by atoms with Crippen LogP contribution in [0.5, 0.6) is 0 Å². The van der Waals surface area contributed by atoms with Crippen LogP contribution in [0, 0.1) is 5.92 Å². The van der Waals surface area contributed by atoms with E-state index in [4.69, 9.17) is 5.11 Å². The zero-order valence-corrected chi connectivity index (χ0v) is 9.83. The molecule has 0 aromatic carbocycles. The van der Waals surface area contributed by atoms with Crippen molar-refractivity contribution in [3.63, 3.8) is 0 Å². The topological polar surface area (TPSA) is 69.6 Å². The van der Waals surface area contributed by atoms with E-state index >= 15 is 0 Å². The summed E-state index contributed by atoms with van der Waals surface area (Å²) in [6.07, 6.45) is 3.80. The van der Waals surface area contributed by atoms with Crippen molar-refractivity contribution in [2.24, 2.45) is 5.92 Å². The highest BCUT2D eigenvalue weighted by atomic mass is 16.4. The highest BCUT2D eigenvalue weighted by molar-refractivity contribution is 5.86. The molecule has 1 rings (SSSR count). The van der Waals surface area contributed by atoms with Crippen LogP contribution in [-0.2, 0) is 4.79 Å². The minimum Gasteiger partial charge on any atom is -0.478 e. The molecule has 0 aromatic rings. The van der Waals surface area contributed by atoms with E-state index in [1.165, 1.54) is 6.42 Å². The number of aliphatic hydroxyl groups is 1. The summed E-state index contributed by atoms with van der Waals surface area (Å²) >= 11 is 0. The van der Waals surface area contributed by atoms with Crippen molar-refractivity contribution < 1.29 is 15.0 Å². The standard InChI is InChI=1S/C12H21NO3/c1-9-4-3-5-12(16,6-9)8-13-7-10(2)11(14)15/h9,13,16H,2-8H2,1H3,(H,14,15). The van der Waals surface area contributed by atoms with Gasteiger partial charge in [-0.05, 0) is 18.8 Å². The van der Waals surface area contributed by atoms with Gasteiger partial charge in [0.15, 0.2) is 0 Å². The van der Waals surface area contributed by atoms with E-state index in [2.05, 4.69) is 18.8 Å². The number of carbonyl (C=O) groups is 1. The molecule has 3 N–H and O–H groups in total. The van der Waals surface area contributed by atoms with Gasteiger partial charge in [-0.3, -0.25) is 0 Å². The lowest BCUT2D eigenvalue weighted by molar-refractivity contribution is -0.132. The first-order chi connectivity index (χ1) is 7.43. The Hall–Kier alpha value is -0.870. The van der Waals surface area contributed by atoms with Gasteiger partial charge in [-0.2, -0.15) is 0 Å². The first-order valence-corrected chi connectivity index (χ1v) is 5.77. The van der Waals surface area contributed by atoms with Crippen LogP contribution < -0.4 is 5.32 Å². The molecule has 0 amide bonds. The third-order valence-corrected chi connectivity index (χ3v) is 3.16. The van der Waals surface area contributed by atoms with Crippen LogP contribution in [0.15, 0.2) is 12.2 Å². The molecule has 0 aromatic heterocycles. The quantitative estimate of drug-likeness (QED) is 0.616. The van der Waals surface area contributed by atoms with Gasteiger partial charge >= 0.3 is 5.97 Å². The molecule has 4 heteroatoms. The van der Waals surface area contributed by atoms with Crippen LogP contribution in [0.1, 0.15) is 32.6 Å². The number of aliphatic carboxylic acids is 1. The fourth-order valence-electron chi connectivity index (χ4n) is 2.31. The van der Waals surface area contributed by atoms with Gasteiger partial charge in [-0.15, -0.1) is 0 Å². The first-order valence-electron chi connectivity index (χ1n) is 5.77. The predicted molar refractivity (Wildman–Crippen MR) is 62.2 cm³/mol. The fraction of sp³-hybridized carbons (Fsp3) is 0.750. The van der Waals surface area contributed by atoms with Crippen LogP contribution in [0.25, 0.3) is 0 Å². The van der Waals surface area contributed by atoms with Gasteiger partial charge < -0.3 is 15.5 Å². The molecule has 0 bridgehead atoms. The molecule has 0 spiro atoms. The predicted octanol–water partition coefficient (Wildman–Crippen LogP) is 1.16. The second-order valence-electron chi connectivity index (χ2n) is 4.94. The van der Waals surface area contributed by atoms with E-state index in [1.807, 2.05) is 0 Å². The third kappa shape index (κ3) is 3.94. The maximum absolute atomic E-state index is 10.5. The van der Waals surface area contributed by atoms with E-state index in [9.17, 15) is 9.90 Å². The second kappa shape index (κ2) is 5.46. The Bertz CT molecular complexity index is 277. The minimum absolute atomic E-state index is 0.132. The molecule has 92 valence electrons. The largest absolute Gasteiger partial charge is 0.478 e. The normalized spacial score (nSPS) is 30.0. The van der Waals surface area contributed by atoms with E-state index in [0.29, 0.717) is 12.5 Å². The molecule has 0 radical (unpaired) electrons. The van der Waals surface area contributed by atoms with Crippen LogP contribution in [0.3, 0.4) is 0 Å². The zero-order valence-electron chi connectivity index (χ0n) is 9.83. The summed E-state index contributed by atoms with van der Waals surface area (Å²) in [6, 6.07) is 0. The summed E-state index contributed by atoms with van der Waals surface area (Å²) in [6.45, 7) is 6.25. The maximum atomic E-state index is 10.5. The lowest BCUT2D eigenvalue weighted by Crippen LogP contribution is -2.44. The van der Waals surface area contributed by atoms with Gasteiger partial charge in [0, 0.05) is 18.7 Å². The molecule has 0 saturated heterocycles. The highest BCUT2D eigenvalue weighted by Gasteiger charge is 2.32. The molecule has 0 heterocycles. The zero-order chi connectivity index (χ0) is 12.2. The summed E-state index contributed by atoms with van der Waals surface area (Å²) < 4.78 is 0. The smallest absolute Gasteiger partial charge is 0.332 e. The first kappa shape index (κ1) is 13.2. The molecular weight excluding hydrogens is 206 g/mol. The summed E-state index contributed by atoms with van der Waals surface area (Å²) in [7, 11) is 0. The van der Waals surface area contributed by atoms with Crippen molar-refractivity contribution in [1.82, 2.24) is 5.32 Å². The molecule has 1 fully saturated rings. The Morgan fingerprint density at radius 1 is 1.62 bits per heavy atom. The number of rotatable bonds is 5. The molecule has 1 saturated carbocycles. The molecule has 1 aliphatic carbocycles. The minimum atomic E-state index is -0.989. The second-order valence-corrected chi connectivity index (χ2v) is 4.94. The van der Waals surface area contributed by atoms with E-state index in [-0.39, 0.29) is 12.1 Å². The van der Waals surface area contributed by atoms with Crippen molar-refractivity contribution >= 4 is 5.97 Å². The van der Waals surface area contributed by atoms with Crippen LogP contribution in [0.4, 0.5) is 0 Å². The maximum Gasteiger partial charge on any atom is 0.332 e. The number of hydrogen-bond acceptors (Lipinski definition) is 3. The van der Waals surface area contributed by atoms with Crippen LogP contribution >= 0.6 is 0 Å². The average molecular weight is 227 g/mol. The molecule has 1 aliphatic rings. The molecule has 4 nitrogen and oxygen atoms in total. The Labute approximate surface area is 96.4 Å². The Balaban J connectivity index is 2.31. The molecule has 2 atom stereocenters. The Morgan fingerprint density at radius 3 is 2.88 bits per heavy atom. The van der Waals surface area contributed by atoms with Gasteiger partial charge in [0.1, 0.15) is 0 Å². The summed E-state index contributed by atoms with van der Waals surface area (Å²) in [5.41, 5.74) is -0.538. The van der Waals surface area contributed by atoms with Gasteiger partial charge in [-0.1, -0.05) is 26.3 Å².